The topological polar surface area (TPSA) is 116 Å². The van der Waals surface area contributed by atoms with Crippen LogP contribution in [0.25, 0.3) is 10.9 Å². The molecule has 0 aliphatic heterocycles. The van der Waals surface area contributed by atoms with Crippen LogP contribution in [0, 0.1) is 6.92 Å². The summed E-state index contributed by atoms with van der Waals surface area (Å²) in [5.74, 6) is 0.606. The number of H-pyrrole nitrogens is 1. The summed E-state index contributed by atoms with van der Waals surface area (Å²) in [6.45, 7) is 2.55. The second kappa shape index (κ2) is 11.6. The molecule has 0 fully saturated rings. The molecule has 4 rings (SSSR count). The Morgan fingerprint density at radius 2 is 1.66 bits per heavy atom. The van der Waals surface area contributed by atoms with Crippen LogP contribution in [-0.2, 0) is 22.4 Å². The van der Waals surface area contributed by atoms with Crippen LogP contribution >= 0.6 is 0 Å². The third-order valence-corrected chi connectivity index (χ3v) is 7.36. The van der Waals surface area contributed by atoms with Gasteiger partial charge in [0.2, 0.25) is 0 Å². The van der Waals surface area contributed by atoms with Crippen molar-refractivity contribution in [2.75, 3.05) is 24.4 Å². The summed E-state index contributed by atoms with van der Waals surface area (Å²) in [4.78, 5) is -1.21. The second-order valence-electron chi connectivity index (χ2n) is 9.07. The molecule has 1 atom stereocenters. The first-order valence-electron chi connectivity index (χ1n) is 12.0. The first-order chi connectivity index (χ1) is 19.1. The van der Waals surface area contributed by atoms with Crippen LogP contribution in [-0.4, -0.2) is 43.4 Å². The van der Waals surface area contributed by atoms with Gasteiger partial charge in [0.25, 0.3) is 10.0 Å². The Morgan fingerprint density at radius 1 is 0.976 bits per heavy atom. The van der Waals surface area contributed by atoms with Crippen LogP contribution in [0.15, 0.2) is 65.6 Å². The number of aromatic amines is 1. The quantitative estimate of drug-likeness (QED) is 0.143. The fraction of sp³-hybridized carbons (Fsp3) is 0.269. The van der Waals surface area contributed by atoms with Crippen molar-refractivity contribution in [3.05, 3.63) is 83.0 Å². The molecular weight excluding hydrogens is 578 g/mol. The minimum atomic E-state index is -5.21. The number of rotatable bonds is 10. The highest BCUT2D eigenvalue weighted by atomic mass is 32.2. The SMILES string of the molecule is Cc1[nH]nc2cc(OCCNC[C@H](O)c3cccc(NS(=O)(=O)c4cc(C(F)(F)F)cc(C(F)(F)F)c4)c3)ccc12. The van der Waals surface area contributed by atoms with Crippen molar-refractivity contribution in [1.29, 1.82) is 0 Å². The maximum Gasteiger partial charge on any atom is 0.416 e. The van der Waals surface area contributed by atoms with Crippen LogP contribution in [0.4, 0.5) is 32.0 Å². The summed E-state index contributed by atoms with van der Waals surface area (Å²) in [5, 5.41) is 21.5. The number of aliphatic hydroxyl groups excluding tert-OH is 1. The number of sulfonamides is 1. The van der Waals surface area contributed by atoms with E-state index >= 15 is 0 Å². The van der Waals surface area contributed by atoms with E-state index in [9.17, 15) is 39.9 Å². The maximum atomic E-state index is 13.2. The van der Waals surface area contributed by atoms with E-state index in [2.05, 4.69) is 15.5 Å². The third-order valence-electron chi connectivity index (χ3n) is 6.00. The normalized spacial score (nSPS) is 13.4. The number of aryl methyl sites for hydroxylation is 1. The van der Waals surface area contributed by atoms with Crippen LogP contribution in [0.1, 0.15) is 28.5 Å². The number of halogens is 6. The number of alkyl halides is 6. The third kappa shape index (κ3) is 7.48. The molecule has 0 bridgehead atoms. The molecule has 4 aromatic rings. The highest BCUT2D eigenvalue weighted by Crippen LogP contribution is 2.37. The van der Waals surface area contributed by atoms with Gasteiger partial charge in [0.1, 0.15) is 12.4 Å². The first kappa shape index (κ1) is 30.1. The predicted octanol–water partition coefficient (Wildman–Crippen LogP) is 5.41. The van der Waals surface area contributed by atoms with Crippen molar-refractivity contribution in [2.24, 2.45) is 0 Å². The van der Waals surface area contributed by atoms with Crippen molar-refractivity contribution in [3.8, 4) is 5.75 Å². The van der Waals surface area contributed by atoms with E-state index in [1.54, 1.807) is 12.1 Å². The zero-order chi connectivity index (χ0) is 30.0. The second-order valence-corrected chi connectivity index (χ2v) is 10.8. The minimum absolute atomic E-state index is 0.0414. The first-order valence-corrected chi connectivity index (χ1v) is 13.5. The van der Waals surface area contributed by atoms with Gasteiger partial charge in [-0.05, 0) is 55.0 Å². The van der Waals surface area contributed by atoms with Gasteiger partial charge in [-0.15, -0.1) is 0 Å². The molecule has 0 saturated carbocycles. The lowest BCUT2D eigenvalue weighted by Gasteiger charge is -2.16. The van der Waals surface area contributed by atoms with Crippen LogP contribution < -0.4 is 14.8 Å². The largest absolute Gasteiger partial charge is 0.492 e. The summed E-state index contributed by atoms with van der Waals surface area (Å²) in [6, 6.07) is 10.9. The average Bonchev–Trinajstić information content (AvgIpc) is 3.27. The number of hydrogen-bond acceptors (Lipinski definition) is 6. The van der Waals surface area contributed by atoms with E-state index in [1.165, 1.54) is 24.3 Å². The molecule has 15 heteroatoms. The molecule has 0 amide bonds. The predicted molar refractivity (Wildman–Crippen MR) is 138 cm³/mol. The summed E-state index contributed by atoms with van der Waals surface area (Å²) in [5.41, 5.74) is -1.75. The van der Waals surface area contributed by atoms with Crippen molar-refractivity contribution in [2.45, 2.75) is 30.3 Å². The Morgan fingerprint density at radius 3 is 2.32 bits per heavy atom. The molecule has 0 saturated heterocycles. The number of hydrogen-bond donors (Lipinski definition) is 4. The Balaban J connectivity index is 1.37. The molecule has 1 aromatic heterocycles. The van der Waals surface area contributed by atoms with Crippen molar-refractivity contribution < 1.29 is 44.6 Å². The van der Waals surface area contributed by atoms with Crippen LogP contribution in [0.5, 0.6) is 5.75 Å². The lowest BCUT2D eigenvalue weighted by Crippen LogP contribution is -2.26. The lowest BCUT2D eigenvalue weighted by molar-refractivity contribution is -0.143. The number of anilines is 1. The zero-order valence-electron chi connectivity index (χ0n) is 21.3. The molecule has 0 radical (unpaired) electrons. The van der Waals surface area contributed by atoms with Crippen molar-refractivity contribution in [3.63, 3.8) is 0 Å². The van der Waals surface area contributed by atoms with E-state index in [0.29, 0.717) is 12.3 Å². The lowest BCUT2D eigenvalue weighted by atomic mass is 10.1. The summed E-state index contributed by atoms with van der Waals surface area (Å²) < 4.78 is 112. The van der Waals surface area contributed by atoms with Gasteiger partial charge in [0, 0.05) is 35.9 Å². The maximum absolute atomic E-state index is 13.2. The van der Waals surface area contributed by atoms with Crippen LogP contribution in [0.2, 0.25) is 0 Å². The van der Waals surface area contributed by atoms with Crippen LogP contribution in [0.3, 0.4) is 0 Å². The number of nitrogens with one attached hydrogen (secondary N) is 3. The van der Waals surface area contributed by atoms with Gasteiger partial charge >= 0.3 is 12.4 Å². The van der Waals surface area contributed by atoms with Crippen molar-refractivity contribution >= 4 is 26.6 Å². The summed E-state index contributed by atoms with van der Waals surface area (Å²) >= 11 is 0. The van der Waals surface area contributed by atoms with Gasteiger partial charge in [-0.2, -0.15) is 31.4 Å². The number of fused-ring (bicyclic) bond motifs is 1. The number of aliphatic hydroxyl groups is 1. The highest BCUT2D eigenvalue weighted by Gasteiger charge is 2.38. The molecule has 0 unspecified atom stereocenters. The van der Waals surface area contributed by atoms with E-state index in [1.807, 2.05) is 17.7 Å². The molecular formula is C26H24F6N4O4S. The smallest absolute Gasteiger partial charge is 0.416 e. The molecule has 8 nitrogen and oxygen atoms in total. The van der Waals surface area contributed by atoms with Gasteiger partial charge in [-0.25, -0.2) is 8.42 Å². The fourth-order valence-electron chi connectivity index (χ4n) is 3.92. The Hall–Kier alpha value is -3.82. The molecule has 41 heavy (non-hydrogen) atoms. The van der Waals surface area contributed by atoms with Gasteiger partial charge in [-0.3, -0.25) is 9.82 Å². The Bertz CT molecular complexity index is 1600. The van der Waals surface area contributed by atoms with E-state index in [4.69, 9.17) is 4.74 Å². The van der Waals surface area contributed by atoms with Gasteiger partial charge in [0.15, 0.2) is 0 Å². The van der Waals surface area contributed by atoms with Crippen molar-refractivity contribution in [1.82, 2.24) is 15.5 Å². The Kier molecular flexibility index (Phi) is 8.52. The van der Waals surface area contributed by atoms with Gasteiger partial charge in [-0.1, -0.05) is 12.1 Å². The molecule has 0 aliphatic carbocycles. The monoisotopic (exact) mass is 602 g/mol. The zero-order valence-corrected chi connectivity index (χ0v) is 22.1. The average molecular weight is 603 g/mol. The summed E-state index contributed by atoms with van der Waals surface area (Å²) in [7, 11) is -4.85. The standard InChI is InChI=1S/C26H24F6N4O4S/c1-15-22-6-5-20(13-23(22)35-34-15)40-8-7-33-14-24(37)16-3-2-4-19(9-16)36-41(38,39)21-11-17(25(27,28)29)10-18(12-21)26(30,31)32/h2-6,9-13,24,33,36-37H,7-8,14H2,1H3,(H,34,35)/t24-/m0/s1. The number of ether oxygens (including phenoxy) is 1. The molecule has 0 aliphatic rings. The number of benzene rings is 3. The van der Waals surface area contributed by atoms with E-state index in [-0.39, 0.29) is 42.6 Å². The fourth-order valence-corrected chi connectivity index (χ4v) is 5.04. The molecule has 1 heterocycles. The van der Waals surface area contributed by atoms with E-state index in [0.717, 1.165) is 16.6 Å². The molecule has 3 aromatic carbocycles. The Labute approximate surface area is 230 Å². The number of aromatic nitrogens is 2. The van der Waals surface area contributed by atoms with Gasteiger partial charge < -0.3 is 15.2 Å². The molecule has 0 spiro atoms. The van der Waals surface area contributed by atoms with Gasteiger partial charge in [0.05, 0.1) is 27.6 Å². The van der Waals surface area contributed by atoms with E-state index < -0.39 is 44.5 Å². The highest BCUT2D eigenvalue weighted by molar-refractivity contribution is 7.92. The summed E-state index contributed by atoms with van der Waals surface area (Å²) in [6.07, 6.45) is -11.5. The molecule has 4 N–H and O–H groups in total. The molecule has 220 valence electrons. The minimum Gasteiger partial charge on any atom is -0.492 e. The number of nitrogens with zero attached hydrogens (tertiary/aromatic N) is 1.